The average Bonchev–Trinajstić information content (AvgIpc) is 3.75. The van der Waals surface area contributed by atoms with Gasteiger partial charge in [0.05, 0.1) is 22.5 Å². The summed E-state index contributed by atoms with van der Waals surface area (Å²) in [6.45, 7) is 14.5. The van der Waals surface area contributed by atoms with Gasteiger partial charge in [0.1, 0.15) is 39.6 Å². The molecule has 0 aliphatic carbocycles. The van der Waals surface area contributed by atoms with E-state index in [-0.39, 0.29) is 28.4 Å². The number of pyridine rings is 3. The van der Waals surface area contributed by atoms with Gasteiger partial charge in [-0.25, -0.2) is 24.5 Å². The number of allylic oxidation sites excluding steroid dienone is 2. The van der Waals surface area contributed by atoms with Gasteiger partial charge in [-0.15, -0.1) is 0 Å². The van der Waals surface area contributed by atoms with Crippen molar-refractivity contribution < 1.29 is 71.8 Å². The van der Waals surface area contributed by atoms with Crippen LogP contribution in [0.3, 0.4) is 0 Å². The molecule has 3 aromatic rings. The molecule has 2 N–H and O–H groups in total. The molecule has 0 fully saturated rings. The monoisotopic (exact) mass is 1030 g/mol. The molecular weight excluding hydrogens is 970 g/mol. The summed E-state index contributed by atoms with van der Waals surface area (Å²) in [6.07, 6.45) is 18.4. The molecule has 8 heterocycles. The molecule has 5 aliphatic heterocycles. The average molecular weight is 1030 g/mol. The van der Waals surface area contributed by atoms with E-state index in [2.05, 4.69) is 20.3 Å². The number of carboxylic acid groups (broad SMARTS) is 1. The Morgan fingerprint density at radius 2 is 1.07 bits per heavy atom. The van der Waals surface area contributed by atoms with Crippen LogP contribution in [0.15, 0.2) is 78.9 Å². The first-order chi connectivity index (χ1) is 34.7. The fourth-order valence-corrected chi connectivity index (χ4v) is 5.60. The van der Waals surface area contributed by atoms with Gasteiger partial charge in [0.15, 0.2) is 17.2 Å². The van der Waals surface area contributed by atoms with Crippen molar-refractivity contribution in [2.75, 3.05) is 52.7 Å². The van der Waals surface area contributed by atoms with E-state index in [9.17, 15) is 33.6 Å². The highest BCUT2D eigenvalue weighted by Crippen LogP contribution is 2.30. The molecule has 0 bridgehead atoms. The molecule has 0 atom stereocenters. The number of aliphatic carboxylic acids is 1. The number of aromatic nitrogens is 3. The number of halogens is 1. The molecule has 0 saturated carbocycles. The number of nitrogens with zero attached hydrogens (tertiary/aromatic N) is 4. The van der Waals surface area contributed by atoms with Crippen molar-refractivity contribution in [1.29, 1.82) is 0 Å². The number of carboxylic acids is 1. The van der Waals surface area contributed by atoms with Gasteiger partial charge in [-0.3, -0.25) is 28.9 Å². The van der Waals surface area contributed by atoms with Gasteiger partial charge in [-0.1, -0.05) is 32.9 Å². The molecule has 3 amide bonds. The molecule has 73 heavy (non-hydrogen) atoms. The minimum atomic E-state index is -1.01. The molecule has 21 heteroatoms. The van der Waals surface area contributed by atoms with E-state index in [4.69, 9.17) is 49.9 Å². The van der Waals surface area contributed by atoms with Crippen molar-refractivity contribution in [2.24, 2.45) is 10.8 Å². The predicted octanol–water partition coefficient (Wildman–Crippen LogP) is 6.75. The van der Waals surface area contributed by atoms with Crippen LogP contribution in [0.25, 0.3) is 18.2 Å². The van der Waals surface area contributed by atoms with E-state index < -0.39 is 23.3 Å². The zero-order chi connectivity index (χ0) is 53.4. The molecule has 3 aromatic heterocycles. The van der Waals surface area contributed by atoms with Crippen LogP contribution in [0, 0.1) is 10.8 Å². The maximum Gasteiger partial charge on any atom is 0.338 e. The number of imide groups is 1. The summed E-state index contributed by atoms with van der Waals surface area (Å²) in [5.74, 6) is 0.106. The van der Waals surface area contributed by atoms with Crippen molar-refractivity contribution in [3.05, 3.63) is 96.0 Å². The largest absolute Gasteiger partial charge is 0.484 e. The quantitative estimate of drug-likeness (QED) is 0.112. The number of ether oxygens (including phenoxy) is 7. The summed E-state index contributed by atoms with van der Waals surface area (Å²) < 4.78 is 36.7. The van der Waals surface area contributed by atoms with Gasteiger partial charge in [0.25, 0.3) is 29.5 Å². The Kier molecular flexibility index (Phi) is 22.8. The minimum absolute atomic E-state index is 0.0440. The Labute approximate surface area is 428 Å². The van der Waals surface area contributed by atoms with Crippen LogP contribution in [0.1, 0.15) is 84.3 Å². The molecule has 0 aromatic carbocycles. The fourth-order valence-electron chi connectivity index (χ4n) is 5.60. The van der Waals surface area contributed by atoms with Crippen LogP contribution >= 0.6 is 11.6 Å². The lowest BCUT2D eigenvalue weighted by Gasteiger charge is -2.17. The molecule has 0 radical (unpaired) electrons. The Bertz CT molecular complexity index is 2590. The van der Waals surface area contributed by atoms with Gasteiger partial charge in [0.2, 0.25) is 11.1 Å². The molecule has 5 aliphatic rings. The van der Waals surface area contributed by atoms with Crippen LogP contribution in [0.2, 0.25) is 0 Å². The maximum atomic E-state index is 12.1. The summed E-state index contributed by atoms with van der Waals surface area (Å²) in [7, 11) is 0. The summed E-state index contributed by atoms with van der Waals surface area (Å²) in [6, 6.07) is 10.3. The van der Waals surface area contributed by atoms with Crippen molar-refractivity contribution in [2.45, 2.75) is 67.2 Å². The highest BCUT2D eigenvalue weighted by Gasteiger charge is 2.25. The van der Waals surface area contributed by atoms with Gasteiger partial charge in [-0.2, -0.15) is 0 Å². The SMILES string of the molecule is CC(C)(C)C(=O)Cl.CC(C)(C)C(=O)OC(=O)/C=C/c1ccc2c(n1)OCCO2.O=C(O)/C=C/c1ccc2c(n1)OCCO2.O=C1C=CCCCN1.O=C1C=CCCCN1C(=O)/C=C/c1ccc2c(n1)OCCO2. The van der Waals surface area contributed by atoms with E-state index in [1.807, 2.05) is 6.08 Å². The Morgan fingerprint density at radius 1 is 0.630 bits per heavy atom. The maximum absolute atomic E-state index is 12.1. The number of fused-ring (bicyclic) bond motifs is 3. The second-order valence-corrected chi connectivity index (χ2v) is 18.1. The second kappa shape index (κ2) is 28.8. The third kappa shape index (κ3) is 21.2. The Morgan fingerprint density at radius 3 is 1.53 bits per heavy atom. The minimum Gasteiger partial charge on any atom is -0.484 e. The van der Waals surface area contributed by atoms with Crippen LogP contribution in [0.4, 0.5) is 0 Å². The first-order valence-corrected chi connectivity index (χ1v) is 23.6. The lowest BCUT2D eigenvalue weighted by Crippen LogP contribution is -2.34. The van der Waals surface area contributed by atoms with Crippen LogP contribution < -0.4 is 33.7 Å². The van der Waals surface area contributed by atoms with Crippen LogP contribution in [-0.4, -0.2) is 119 Å². The number of esters is 2. The normalized spacial score (nSPS) is 15.5. The Balaban J connectivity index is 0.000000210. The lowest BCUT2D eigenvalue weighted by atomic mass is 9.97. The van der Waals surface area contributed by atoms with E-state index >= 15 is 0 Å². The smallest absolute Gasteiger partial charge is 0.338 e. The van der Waals surface area contributed by atoms with E-state index in [1.54, 1.807) is 96.2 Å². The van der Waals surface area contributed by atoms with Crippen LogP contribution in [0.5, 0.6) is 34.9 Å². The third-order valence-corrected chi connectivity index (χ3v) is 10.1. The second-order valence-electron chi connectivity index (χ2n) is 17.7. The highest BCUT2D eigenvalue weighted by atomic mass is 35.5. The number of rotatable bonds is 6. The number of hydrogen-bond acceptors (Lipinski definition) is 17. The fraction of sp³-hybridized carbons (Fsp3) is 0.385. The first kappa shape index (κ1) is 57.7. The zero-order valence-corrected chi connectivity index (χ0v) is 42.3. The van der Waals surface area contributed by atoms with E-state index in [0.717, 1.165) is 44.4 Å². The predicted molar refractivity (Wildman–Crippen MR) is 268 cm³/mol. The van der Waals surface area contributed by atoms with Gasteiger partial charge in [0, 0.05) is 36.7 Å². The summed E-state index contributed by atoms with van der Waals surface area (Å²) in [5, 5.41) is 10.9. The Hall–Kier alpha value is -7.87. The number of carbonyl (C=O) groups excluding carboxylic acids is 6. The summed E-state index contributed by atoms with van der Waals surface area (Å²) >= 11 is 5.11. The highest BCUT2D eigenvalue weighted by molar-refractivity contribution is 6.64. The summed E-state index contributed by atoms with van der Waals surface area (Å²) in [4.78, 5) is 91.8. The number of nitrogens with one attached hydrogen (secondary N) is 1. The van der Waals surface area contributed by atoms with Crippen molar-refractivity contribution in [3.8, 4) is 34.9 Å². The first-order valence-electron chi connectivity index (χ1n) is 23.2. The number of amides is 3. The lowest BCUT2D eigenvalue weighted by molar-refractivity contribution is -0.162. The molecular formula is C52H60ClN5O15. The van der Waals surface area contributed by atoms with E-state index in [1.165, 1.54) is 29.2 Å². The molecule has 20 nitrogen and oxygen atoms in total. The topological polar surface area (TPSA) is 258 Å². The summed E-state index contributed by atoms with van der Waals surface area (Å²) in [5.41, 5.74) is 0.525. The molecule has 0 saturated heterocycles. The van der Waals surface area contributed by atoms with E-state index in [0.29, 0.717) is 98.2 Å². The van der Waals surface area contributed by atoms with Gasteiger partial charge in [-0.05, 0) is 125 Å². The third-order valence-electron chi connectivity index (χ3n) is 9.52. The number of carbonyl (C=O) groups is 7. The van der Waals surface area contributed by atoms with Gasteiger partial charge >= 0.3 is 17.9 Å². The van der Waals surface area contributed by atoms with Crippen molar-refractivity contribution in [3.63, 3.8) is 0 Å². The molecule has 0 unspecified atom stereocenters. The zero-order valence-electron chi connectivity index (χ0n) is 41.6. The standard InChI is InChI=1S/C16H16N2O4.C15H17NO5.C10H9NO4.C6H9NO.C5H9ClO/c19-14-4-2-1-3-9-18(14)15(20)8-6-12-5-7-13-16(17-12)22-11-10-21-13;1-15(2,3)14(18)21-12(17)7-5-10-4-6-11-13(16-10)20-9-8-19-11;12-9(13)4-2-7-1-3-8-10(11-7)15-6-5-14-8;8-6-4-2-1-3-5-7-6;1-5(2,3)4(6)7/h2,4-8H,1,3,9-11H2;4-7H,8-9H2,1-3H3;1-4H,5-6H2,(H,12,13);2,4H,1,3,5H2,(H,7,8);1-3H3/b8-6+;7-5+;4-2+;;. The molecule has 390 valence electrons. The van der Waals surface area contributed by atoms with Crippen LogP contribution in [-0.2, 0) is 38.3 Å². The van der Waals surface area contributed by atoms with Crippen molar-refractivity contribution >= 4 is 70.7 Å². The number of hydrogen-bond donors (Lipinski definition) is 2. The molecule has 0 spiro atoms. The van der Waals surface area contributed by atoms with Crippen molar-refractivity contribution in [1.82, 2.24) is 25.2 Å². The van der Waals surface area contributed by atoms with Gasteiger partial charge < -0.3 is 43.6 Å². The molecule has 8 rings (SSSR count).